The minimum atomic E-state index is -4.17. The van der Waals surface area contributed by atoms with Crippen LogP contribution in [0.3, 0.4) is 0 Å². The fourth-order valence-electron chi connectivity index (χ4n) is 3.30. The third-order valence-electron chi connectivity index (χ3n) is 4.72. The maximum atomic E-state index is 13.5. The van der Waals surface area contributed by atoms with Gasteiger partial charge in [-0.3, -0.25) is 9.62 Å². The summed E-state index contributed by atoms with van der Waals surface area (Å²) in [4.78, 5) is 14.8. The zero-order chi connectivity index (χ0) is 24.4. The number of halogens is 1. The summed E-state index contributed by atoms with van der Waals surface area (Å²) in [6, 6.07) is 8.13. The summed E-state index contributed by atoms with van der Waals surface area (Å²) in [6.07, 6.45) is -1.48. The first-order chi connectivity index (χ1) is 15.4. The fraction of sp³-hybridized carbons (Fsp3) is 0.381. The van der Waals surface area contributed by atoms with Gasteiger partial charge in [0.1, 0.15) is 23.3 Å². The van der Waals surface area contributed by atoms with Gasteiger partial charge in [0, 0.05) is 10.6 Å². The van der Waals surface area contributed by atoms with Gasteiger partial charge in [-0.1, -0.05) is 5.11 Å². The number of ether oxygens (including phenoxy) is 2. The summed E-state index contributed by atoms with van der Waals surface area (Å²) in [5.74, 6) is -0.360. The maximum Gasteiger partial charge on any atom is 0.412 e. The normalized spacial score (nSPS) is 17.9. The molecule has 1 N–H and O–H groups in total. The SMILES string of the molecule is C[C@H]1C(CN=[N+]=[N-])Oc2ccc(NC(=O)OC(C)(C)C)cc2N1S(=O)(=O)c1ccc(F)cc1. The minimum absolute atomic E-state index is 0.107. The molecule has 0 radical (unpaired) electrons. The van der Waals surface area contributed by atoms with Crippen molar-refractivity contribution >= 4 is 27.5 Å². The Bertz CT molecular complexity index is 1190. The van der Waals surface area contributed by atoms with Gasteiger partial charge < -0.3 is 9.47 Å². The molecule has 0 fully saturated rings. The lowest BCUT2D eigenvalue weighted by Gasteiger charge is -2.40. The van der Waals surface area contributed by atoms with Crippen molar-refractivity contribution < 1.29 is 27.1 Å². The van der Waals surface area contributed by atoms with Crippen LogP contribution in [0.5, 0.6) is 5.75 Å². The molecule has 1 unspecified atom stereocenters. The number of nitrogens with one attached hydrogen (secondary N) is 1. The molecule has 2 atom stereocenters. The van der Waals surface area contributed by atoms with Crippen LogP contribution in [0.1, 0.15) is 27.7 Å². The second kappa shape index (κ2) is 9.16. The van der Waals surface area contributed by atoms with Gasteiger partial charge in [0.2, 0.25) is 0 Å². The van der Waals surface area contributed by atoms with E-state index in [4.69, 9.17) is 15.0 Å². The molecule has 33 heavy (non-hydrogen) atoms. The number of sulfonamides is 1. The number of hydrogen-bond acceptors (Lipinski definition) is 6. The lowest BCUT2D eigenvalue weighted by molar-refractivity contribution is 0.0636. The topological polar surface area (TPSA) is 134 Å². The molecule has 1 heterocycles. The molecule has 0 aromatic heterocycles. The van der Waals surface area contributed by atoms with Crippen molar-refractivity contribution in [3.63, 3.8) is 0 Å². The predicted octanol–water partition coefficient (Wildman–Crippen LogP) is 4.83. The van der Waals surface area contributed by atoms with Crippen LogP contribution < -0.4 is 14.4 Å². The Balaban J connectivity index is 2.06. The van der Waals surface area contributed by atoms with Crippen molar-refractivity contribution in [3.05, 3.63) is 58.7 Å². The molecule has 3 rings (SSSR count). The van der Waals surface area contributed by atoms with Crippen LogP contribution in [0.4, 0.5) is 20.6 Å². The highest BCUT2D eigenvalue weighted by molar-refractivity contribution is 7.92. The first-order valence-corrected chi connectivity index (χ1v) is 11.5. The van der Waals surface area contributed by atoms with Gasteiger partial charge in [0.05, 0.1) is 23.2 Å². The van der Waals surface area contributed by atoms with Crippen LogP contribution in [-0.2, 0) is 14.8 Å². The number of carbonyl (C=O) groups excluding carboxylic acids is 1. The molecule has 0 bridgehead atoms. The highest BCUT2D eigenvalue weighted by Gasteiger charge is 2.40. The van der Waals surface area contributed by atoms with Crippen LogP contribution in [0.25, 0.3) is 10.4 Å². The molecule has 176 valence electrons. The van der Waals surface area contributed by atoms with Crippen molar-refractivity contribution in [3.8, 4) is 5.75 Å². The first kappa shape index (κ1) is 24.1. The number of rotatable bonds is 5. The lowest BCUT2D eigenvalue weighted by atomic mass is 10.1. The van der Waals surface area contributed by atoms with Gasteiger partial charge in [0.25, 0.3) is 10.0 Å². The summed E-state index contributed by atoms with van der Waals surface area (Å²) in [5.41, 5.74) is 8.42. The number of fused-ring (bicyclic) bond motifs is 1. The molecular formula is C21H24FN5O5S. The van der Waals surface area contributed by atoms with E-state index in [1.807, 2.05) is 0 Å². The van der Waals surface area contributed by atoms with Crippen molar-refractivity contribution in [2.45, 2.75) is 50.3 Å². The number of nitrogens with zero attached hydrogens (tertiary/aromatic N) is 4. The largest absolute Gasteiger partial charge is 0.486 e. The van der Waals surface area contributed by atoms with Crippen LogP contribution in [0, 0.1) is 5.82 Å². The van der Waals surface area contributed by atoms with E-state index in [9.17, 15) is 17.6 Å². The van der Waals surface area contributed by atoms with Gasteiger partial charge in [-0.2, -0.15) is 0 Å². The molecule has 10 nitrogen and oxygen atoms in total. The van der Waals surface area contributed by atoms with E-state index in [0.29, 0.717) is 0 Å². The van der Waals surface area contributed by atoms with Crippen LogP contribution in [0.2, 0.25) is 0 Å². The maximum absolute atomic E-state index is 13.5. The van der Waals surface area contributed by atoms with E-state index in [1.54, 1.807) is 27.7 Å². The zero-order valence-corrected chi connectivity index (χ0v) is 19.3. The van der Waals surface area contributed by atoms with Gasteiger partial charge in [0.15, 0.2) is 0 Å². The number of anilines is 2. The van der Waals surface area contributed by atoms with Gasteiger partial charge in [-0.25, -0.2) is 17.6 Å². The molecule has 0 saturated heterocycles. The molecule has 1 aliphatic rings. The molecule has 0 aliphatic carbocycles. The Morgan fingerprint density at radius 2 is 1.94 bits per heavy atom. The van der Waals surface area contributed by atoms with E-state index >= 15 is 0 Å². The summed E-state index contributed by atoms with van der Waals surface area (Å²) in [7, 11) is -4.17. The number of azide groups is 1. The Morgan fingerprint density at radius 1 is 1.27 bits per heavy atom. The fourth-order valence-corrected chi connectivity index (χ4v) is 4.98. The molecule has 12 heteroatoms. The van der Waals surface area contributed by atoms with Gasteiger partial charge in [-0.05, 0) is 75.7 Å². The summed E-state index contributed by atoms with van der Waals surface area (Å²) < 4.78 is 52.8. The molecule has 1 aliphatic heterocycles. The van der Waals surface area contributed by atoms with E-state index in [1.165, 1.54) is 18.2 Å². The lowest BCUT2D eigenvalue weighted by Crippen LogP contribution is -2.51. The number of hydrogen-bond donors (Lipinski definition) is 1. The van der Waals surface area contributed by atoms with Crippen LogP contribution >= 0.6 is 0 Å². The van der Waals surface area contributed by atoms with E-state index in [2.05, 4.69) is 15.3 Å². The summed E-state index contributed by atoms with van der Waals surface area (Å²) in [6.45, 7) is 6.65. The Kier molecular flexibility index (Phi) is 6.71. The molecule has 0 spiro atoms. The third kappa shape index (κ3) is 5.47. The highest BCUT2D eigenvalue weighted by Crippen LogP contribution is 2.41. The summed E-state index contributed by atoms with van der Waals surface area (Å²) >= 11 is 0. The van der Waals surface area contributed by atoms with E-state index in [0.717, 1.165) is 28.6 Å². The Morgan fingerprint density at radius 3 is 2.55 bits per heavy atom. The molecule has 0 saturated carbocycles. The molecule has 1 amide bonds. The molecular weight excluding hydrogens is 453 g/mol. The smallest absolute Gasteiger partial charge is 0.412 e. The van der Waals surface area contributed by atoms with Crippen LogP contribution in [0.15, 0.2) is 52.5 Å². The van der Waals surface area contributed by atoms with E-state index in [-0.39, 0.29) is 28.6 Å². The Hall–Kier alpha value is -3.50. The summed E-state index contributed by atoms with van der Waals surface area (Å²) in [5, 5.41) is 6.10. The number of amides is 1. The first-order valence-electron chi connectivity index (χ1n) is 10.0. The average Bonchev–Trinajstić information content (AvgIpc) is 2.71. The molecule has 2 aromatic rings. The van der Waals surface area contributed by atoms with Crippen LogP contribution in [-0.4, -0.2) is 38.8 Å². The Labute approximate surface area is 191 Å². The zero-order valence-electron chi connectivity index (χ0n) is 18.5. The second-order valence-corrected chi connectivity index (χ2v) is 10.2. The number of benzene rings is 2. The van der Waals surface area contributed by atoms with Crippen molar-refractivity contribution in [1.82, 2.24) is 0 Å². The monoisotopic (exact) mass is 477 g/mol. The van der Waals surface area contributed by atoms with Crippen molar-refractivity contribution in [2.24, 2.45) is 5.11 Å². The highest BCUT2D eigenvalue weighted by atomic mass is 32.2. The second-order valence-electron chi connectivity index (χ2n) is 8.37. The quantitative estimate of drug-likeness (QED) is 0.374. The predicted molar refractivity (Wildman–Crippen MR) is 120 cm³/mol. The van der Waals surface area contributed by atoms with E-state index < -0.39 is 39.7 Å². The van der Waals surface area contributed by atoms with Crippen molar-refractivity contribution in [1.29, 1.82) is 0 Å². The average molecular weight is 478 g/mol. The van der Waals surface area contributed by atoms with Crippen molar-refractivity contribution in [2.75, 3.05) is 16.2 Å². The molecule has 2 aromatic carbocycles. The third-order valence-corrected chi connectivity index (χ3v) is 6.64. The van der Waals surface area contributed by atoms with Gasteiger partial charge in [-0.15, -0.1) is 0 Å². The standard InChI is InChI=1S/C21H24FN5O5S/c1-13-19(12-24-26-23)31-18-10-7-15(25-20(28)32-21(2,3)4)11-17(18)27(13)33(29,30)16-8-5-14(22)6-9-16/h5-11,13,19H,12H2,1-4H3,(H,25,28)/t13-,19?/m0/s1. The van der Waals surface area contributed by atoms with Gasteiger partial charge >= 0.3 is 6.09 Å². The number of carbonyl (C=O) groups is 1. The minimum Gasteiger partial charge on any atom is -0.486 e.